The van der Waals surface area contributed by atoms with Gasteiger partial charge in [0.2, 0.25) is 0 Å². The Bertz CT molecular complexity index is 1430. The standard InChI is InChI=1S/C32H28O6/c1-35-29-17-25(19-33)31(37-3)15-23(29)13-11-21-9-10-22(28-8-6-5-7-27(21)28)12-14-24-16-32(38-4)26(20-34)18-30(24)36-2/h5-20H,1-4H3/b13-11+,14-12+. The van der Waals surface area contributed by atoms with Gasteiger partial charge in [-0.2, -0.15) is 0 Å². The number of aldehydes is 2. The topological polar surface area (TPSA) is 71.1 Å². The summed E-state index contributed by atoms with van der Waals surface area (Å²) < 4.78 is 21.7. The van der Waals surface area contributed by atoms with Crippen LogP contribution in [-0.4, -0.2) is 41.0 Å². The van der Waals surface area contributed by atoms with E-state index in [0.717, 1.165) is 45.6 Å². The Labute approximate surface area is 221 Å². The van der Waals surface area contributed by atoms with E-state index in [-0.39, 0.29) is 0 Å². The van der Waals surface area contributed by atoms with Crippen LogP contribution >= 0.6 is 0 Å². The molecular formula is C32H28O6. The van der Waals surface area contributed by atoms with Gasteiger partial charge in [0.05, 0.1) is 39.6 Å². The highest BCUT2D eigenvalue weighted by Gasteiger charge is 2.11. The van der Waals surface area contributed by atoms with Crippen LogP contribution in [0.25, 0.3) is 35.1 Å². The molecule has 0 amide bonds. The first-order valence-electron chi connectivity index (χ1n) is 11.9. The Morgan fingerprint density at radius 2 is 0.763 bits per heavy atom. The zero-order chi connectivity index (χ0) is 27.1. The van der Waals surface area contributed by atoms with E-state index >= 15 is 0 Å². The number of carbonyl (C=O) groups excluding carboxylic acids is 2. The number of rotatable bonds is 10. The maximum absolute atomic E-state index is 11.4. The lowest BCUT2D eigenvalue weighted by atomic mass is 9.97. The second-order valence-corrected chi connectivity index (χ2v) is 8.36. The molecule has 0 atom stereocenters. The van der Waals surface area contributed by atoms with Crippen LogP contribution in [-0.2, 0) is 0 Å². The number of hydrogen-bond donors (Lipinski definition) is 0. The van der Waals surface area contributed by atoms with Crippen molar-refractivity contribution < 1.29 is 28.5 Å². The Kier molecular flexibility index (Phi) is 8.23. The summed E-state index contributed by atoms with van der Waals surface area (Å²) in [6, 6.07) is 19.2. The van der Waals surface area contributed by atoms with Gasteiger partial charge >= 0.3 is 0 Å². The smallest absolute Gasteiger partial charge is 0.153 e. The number of ether oxygens (including phenoxy) is 4. The SMILES string of the molecule is COc1cc(/C=C/c2ccc(/C=C/c3cc(OC)c(C=O)cc3OC)c3ccccc23)c(OC)cc1C=O. The Morgan fingerprint density at radius 3 is 1.11 bits per heavy atom. The molecule has 0 heterocycles. The van der Waals surface area contributed by atoms with Gasteiger partial charge in [0.15, 0.2) is 12.6 Å². The minimum atomic E-state index is 0.429. The van der Waals surface area contributed by atoms with Crippen LogP contribution in [0.2, 0.25) is 0 Å². The van der Waals surface area contributed by atoms with E-state index in [9.17, 15) is 9.59 Å². The van der Waals surface area contributed by atoms with Crippen molar-refractivity contribution in [1.82, 2.24) is 0 Å². The third kappa shape index (κ3) is 5.30. The van der Waals surface area contributed by atoms with Crippen molar-refractivity contribution in [2.75, 3.05) is 28.4 Å². The van der Waals surface area contributed by atoms with E-state index in [0.29, 0.717) is 34.1 Å². The van der Waals surface area contributed by atoms with Gasteiger partial charge in [-0.25, -0.2) is 0 Å². The fourth-order valence-corrected chi connectivity index (χ4v) is 4.33. The monoisotopic (exact) mass is 508 g/mol. The van der Waals surface area contributed by atoms with Crippen molar-refractivity contribution in [1.29, 1.82) is 0 Å². The van der Waals surface area contributed by atoms with E-state index in [2.05, 4.69) is 24.3 Å². The minimum absolute atomic E-state index is 0.429. The predicted molar refractivity (Wildman–Crippen MR) is 152 cm³/mol. The van der Waals surface area contributed by atoms with Crippen LogP contribution in [0.3, 0.4) is 0 Å². The summed E-state index contributed by atoms with van der Waals surface area (Å²) in [7, 11) is 6.21. The number of carbonyl (C=O) groups is 2. The van der Waals surface area contributed by atoms with Gasteiger partial charge < -0.3 is 18.9 Å². The molecular weight excluding hydrogens is 480 g/mol. The molecule has 0 aliphatic heterocycles. The van der Waals surface area contributed by atoms with E-state index in [1.54, 1.807) is 38.5 Å². The van der Waals surface area contributed by atoms with Gasteiger partial charge in [0.25, 0.3) is 0 Å². The first-order valence-corrected chi connectivity index (χ1v) is 11.9. The molecule has 0 aliphatic rings. The number of methoxy groups -OCH3 is 4. The summed E-state index contributed by atoms with van der Waals surface area (Å²) in [5.41, 5.74) is 4.49. The first-order chi connectivity index (χ1) is 18.6. The average Bonchev–Trinajstić information content (AvgIpc) is 2.97. The van der Waals surface area contributed by atoms with Gasteiger partial charge in [0.1, 0.15) is 23.0 Å². The largest absolute Gasteiger partial charge is 0.496 e. The number of benzene rings is 4. The highest BCUT2D eigenvalue weighted by atomic mass is 16.5. The van der Waals surface area contributed by atoms with E-state index in [1.807, 2.05) is 36.4 Å². The van der Waals surface area contributed by atoms with Crippen molar-refractivity contribution in [2.24, 2.45) is 0 Å². The summed E-state index contributed by atoms with van der Waals surface area (Å²) in [5, 5.41) is 2.14. The van der Waals surface area contributed by atoms with Crippen molar-refractivity contribution in [3.05, 3.63) is 94.0 Å². The summed E-state index contributed by atoms with van der Waals surface area (Å²) in [4.78, 5) is 22.8. The maximum atomic E-state index is 11.4. The van der Waals surface area contributed by atoms with Crippen molar-refractivity contribution in [3.8, 4) is 23.0 Å². The predicted octanol–water partition coefficient (Wildman–Crippen LogP) is 6.84. The molecule has 38 heavy (non-hydrogen) atoms. The van der Waals surface area contributed by atoms with Crippen LogP contribution < -0.4 is 18.9 Å². The Balaban J connectivity index is 1.74. The Morgan fingerprint density at radius 1 is 0.447 bits per heavy atom. The zero-order valence-electron chi connectivity index (χ0n) is 21.7. The molecule has 0 saturated heterocycles. The van der Waals surface area contributed by atoms with Gasteiger partial charge in [0, 0.05) is 11.1 Å². The molecule has 0 bridgehead atoms. The zero-order valence-corrected chi connectivity index (χ0v) is 21.7. The summed E-state index contributed by atoms with van der Waals surface area (Å²) >= 11 is 0. The lowest BCUT2D eigenvalue weighted by Gasteiger charge is -2.11. The van der Waals surface area contributed by atoms with Gasteiger partial charge in [-0.15, -0.1) is 0 Å². The fraction of sp³-hybridized carbons (Fsp3) is 0.125. The fourth-order valence-electron chi connectivity index (χ4n) is 4.33. The molecule has 4 rings (SSSR count). The lowest BCUT2D eigenvalue weighted by Crippen LogP contribution is -1.95. The van der Waals surface area contributed by atoms with Gasteiger partial charge in [-0.05, 0) is 46.2 Å². The molecule has 0 radical (unpaired) electrons. The molecule has 4 aromatic carbocycles. The van der Waals surface area contributed by atoms with Crippen molar-refractivity contribution in [3.63, 3.8) is 0 Å². The highest BCUT2D eigenvalue weighted by Crippen LogP contribution is 2.33. The molecule has 0 unspecified atom stereocenters. The molecule has 0 spiro atoms. The summed E-state index contributed by atoms with van der Waals surface area (Å²) in [5.74, 6) is 2.13. The van der Waals surface area contributed by atoms with E-state index < -0.39 is 0 Å². The molecule has 0 saturated carbocycles. The van der Waals surface area contributed by atoms with Crippen LogP contribution in [0.1, 0.15) is 43.0 Å². The molecule has 6 heteroatoms. The van der Waals surface area contributed by atoms with Gasteiger partial charge in [-0.1, -0.05) is 60.7 Å². The molecule has 6 nitrogen and oxygen atoms in total. The molecule has 0 aromatic heterocycles. The normalized spacial score (nSPS) is 11.2. The second-order valence-electron chi connectivity index (χ2n) is 8.36. The molecule has 0 fully saturated rings. The van der Waals surface area contributed by atoms with Crippen LogP contribution in [0, 0.1) is 0 Å². The number of hydrogen-bond acceptors (Lipinski definition) is 6. The molecule has 4 aromatic rings. The van der Waals surface area contributed by atoms with Crippen LogP contribution in [0.15, 0.2) is 60.7 Å². The first kappa shape index (κ1) is 26.2. The van der Waals surface area contributed by atoms with Crippen LogP contribution in [0.5, 0.6) is 23.0 Å². The van der Waals surface area contributed by atoms with E-state index in [1.165, 1.54) is 14.2 Å². The van der Waals surface area contributed by atoms with Gasteiger partial charge in [-0.3, -0.25) is 9.59 Å². The highest BCUT2D eigenvalue weighted by molar-refractivity contribution is 5.99. The third-order valence-corrected chi connectivity index (χ3v) is 6.29. The lowest BCUT2D eigenvalue weighted by molar-refractivity contribution is 0.111. The second kappa shape index (κ2) is 11.9. The van der Waals surface area contributed by atoms with Crippen molar-refractivity contribution >= 4 is 47.6 Å². The van der Waals surface area contributed by atoms with Crippen molar-refractivity contribution in [2.45, 2.75) is 0 Å². The maximum Gasteiger partial charge on any atom is 0.153 e. The minimum Gasteiger partial charge on any atom is -0.496 e. The average molecular weight is 509 g/mol. The molecule has 0 N–H and O–H groups in total. The van der Waals surface area contributed by atoms with E-state index in [4.69, 9.17) is 18.9 Å². The Hall–Kier alpha value is -4.84. The number of fused-ring (bicyclic) bond motifs is 1. The summed E-state index contributed by atoms with van der Waals surface area (Å²) in [6.45, 7) is 0. The molecule has 0 aliphatic carbocycles. The summed E-state index contributed by atoms with van der Waals surface area (Å²) in [6.07, 6.45) is 9.41. The van der Waals surface area contributed by atoms with Crippen LogP contribution in [0.4, 0.5) is 0 Å². The molecule has 192 valence electrons. The third-order valence-electron chi connectivity index (χ3n) is 6.29. The quantitative estimate of drug-likeness (QED) is 0.173.